The quantitative estimate of drug-likeness (QED) is 0.802. The molecule has 1 heterocycles. The molecule has 0 aliphatic carbocycles. The summed E-state index contributed by atoms with van der Waals surface area (Å²) >= 11 is 5.25. The summed E-state index contributed by atoms with van der Waals surface area (Å²) in [5, 5.41) is 5.48. The van der Waals surface area contributed by atoms with Crippen LogP contribution in [-0.4, -0.2) is 21.3 Å². The van der Waals surface area contributed by atoms with Crippen molar-refractivity contribution in [3.05, 3.63) is 38.5 Å². The minimum atomic E-state index is 0.653. The van der Waals surface area contributed by atoms with E-state index in [1.54, 1.807) is 32.7 Å². The SMILES string of the molecule is COc1cc(OC)c(CNCc2sccc2Br)c(OC)c1. The van der Waals surface area contributed by atoms with Crippen LogP contribution in [0.15, 0.2) is 28.1 Å². The number of rotatable bonds is 7. The van der Waals surface area contributed by atoms with E-state index >= 15 is 0 Å². The van der Waals surface area contributed by atoms with Gasteiger partial charge in [0, 0.05) is 34.6 Å². The fraction of sp³-hybridized carbons (Fsp3) is 0.333. The van der Waals surface area contributed by atoms with Crippen LogP contribution in [0.1, 0.15) is 10.4 Å². The normalized spacial score (nSPS) is 10.5. The highest BCUT2D eigenvalue weighted by Crippen LogP contribution is 2.34. The second-order valence-electron chi connectivity index (χ2n) is 4.31. The zero-order valence-electron chi connectivity index (χ0n) is 12.2. The Morgan fingerprint density at radius 1 is 1.05 bits per heavy atom. The van der Waals surface area contributed by atoms with Crippen LogP contribution in [0, 0.1) is 0 Å². The van der Waals surface area contributed by atoms with Gasteiger partial charge < -0.3 is 19.5 Å². The highest BCUT2D eigenvalue weighted by atomic mass is 79.9. The van der Waals surface area contributed by atoms with E-state index in [4.69, 9.17) is 14.2 Å². The van der Waals surface area contributed by atoms with Gasteiger partial charge in [0.2, 0.25) is 0 Å². The number of halogens is 1. The Balaban J connectivity index is 2.13. The Bertz CT molecular complexity index is 575. The Hall–Kier alpha value is -1.24. The molecule has 114 valence electrons. The highest BCUT2D eigenvalue weighted by Gasteiger charge is 2.13. The van der Waals surface area contributed by atoms with Gasteiger partial charge in [-0.15, -0.1) is 11.3 Å². The molecule has 1 aromatic carbocycles. The molecule has 0 fully saturated rings. The Morgan fingerprint density at radius 3 is 2.19 bits per heavy atom. The minimum Gasteiger partial charge on any atom is -0.496 e. The lowest BCUT2D eigenvalue weighted by atomic mass is 10.1. The molecule has 0 bridgehead atoms. The average Bonchev–Trinajstić information content (AvgIpc) is 2.92. The lowest BCUT2D eigenvalue weighted by Crippen LogP contribution is -2.14. The lowest BCUT2D eigenvalue weighted by molar-refractivity contribution is 0.366. The van der Waals surface area contributed by atoms with Crippen molar-refractivity contribution < 1.29 is 14.2 Å². The third-order valence-corrected chi connectivity index (χ3v) is 5.02. The molecule has 21 heavy (non-hydrogen) atoms. The van der Waals surface area contributed by atoms with Crippen molar-refractivity contribution >= 4 is 27.3 Å². The van der Waals surface area contributed by atoms with Gasteiger partial charge in [0.25, 0.3) is 0 Å². The van der Waals surface area contributed by atoms with Crippen LogP contribution in [0.2, 0.25) is 0 Å². The molecule has 0 saturated heterocycles. The number of ether oxygens (including phenoxy) is 3. The van der Waals surface area contributed by atoms with Gasteiger partial charge in [-0.25, -0.2) is 0 Å². The Labute approximate surface area is 137 Å². The summed E-state index contributed by atoms with van der Waals surface area (Å²) in [4.78, 5) is 1.27. The molecule has 2 rings (SSSR count). The maximum absolute atomic E-state index is 5.44. The van der Waals surface area contributed by atoms with Crippen LogP contribution in [0.3, 0.4) is 0 Å². The van der Waals surface area contributed by atoms with E-state index in [0.717, 1.165) is 28.1 Å². The maximum atomic E-state index is 5.44. The minimum absolute atomic E-state index is 0.653. The third kappa shape index (κ3) is 3.90. The van der Waals surface area contributed by atoms with Crippen molar-refractivity contribution in [2.75, 3.05) is 21.3 Å². The molecule has 2 aromatic rings. The molecule has 0 radical (unpaired) electrons. The lowest BCUT2D eigenvalue weighted by Gasteiger charge is -2.15. The Kier molecular flexibility index (Phi) is 5.90. The number of thiophene rings is 1. The van der Waals surface area contributed by atoms with Crippen molar-refractivity contribution in [1.82, 2.24) is 5.32 Å². The van der Waals surface area contributed by atoms with Crippen molar-refractivity contribution in [2.45, 2.75) is 13.1 Å². The zero-order valence-corrected chi connectivity index (χ0v) is 14.6. The first-order valence-corrected chi connectivity index (χ1v) is 8.08. The van der Waals surface area contributed by atoms with Crippen molar-refractivity contribution in [3.63, 3.8) is 0 Å². The third-order valence-electron chi connectivity index (χ3n) is 3.10. The van der Waals surface area contributed by atoms with E-state index in [-0.39, 0.29) is 0 Å². The second-order valence-corrected chi connectivity index (χ2v) is 6.16. The van der Waals surface area contributed by atoms with Gasteiger partial charge in [-0.1, -0.05) is 0 Å². The van der Waals surface area contributed by atoms with Gasteiger partial charge in [0.1, 0.15) is 17.2 Å². The van der Waals surface area contributed by atoms with Gasteiger partial charge in [0.15, 0.2) is 0 Å². The van der Waals surface area contributed by atoms with E-state index < -0.39 is 0 Å². The molecule has 1 aromatic heterocycles. The van der Waals surface area contributed by atoms with Gasteiger partial charge in [-0.2, -0.15) is 0 Å². The van der Waals surface area contributed by atoms with Crippen molar-refractivity contribution in [3.8, 4) is 17.2 Å². The number of hydrogen-bond donors (Lipinski definition) is 1. The van der Waals surface area contributed by atoms with Gasteiger partial charge >= 0.3 is 0 Å². The molecule has 0 atom stereocenters. The van der Waals surface area contributed by atoms with Crippen molar-refractivity contribution in [2.24, 2.45) is 0 Å². The zero-order chi connectivity index (χ0) is 15.2. The topological polar surface area (TPSA) is 39.7 Å². The summed E-state index contributed by atoms with van der Waals surface area (Å²) in [5.41, 5.74) is 0.980. The average molecular weight is 372 g/mol. The fourth-order valence-electron chi connectivity index (χ4n) is 2.00. The standard InChI is InChI=1S/C15H18BrNO3S/c1-18-10-6-13(19-2)11(14(7-10)20-3)8-17-9-15-12(16)4-5-21-15/h4-7,17H,8-9H2,1-3H3. The molecule has 4 nitrogen and oxygen atoms in total. The van der Waals surface area contributed by atoms with E-state index in [0.29, 0.717) is 12.3 Å². The molecule has 0 aliphatic heterocycles. The van der Waals surface area contributed by atoms with E-state index in [1.165, 1.54) is 4.88 Å². The molecular weight excluding hydrogens is 354 g/mol. The van der Waals surface area contributed by atoms with E-state index in [9.17, 15) is 0 Å². The molecule has 1 N–H and O–H groups in total. The smallest absolute Gasteiger partial charge is 0.130 e. The molecule has 0 spiro atoms. The van der Waals surface area contributed by atoms with Crippen LogP contribution in [0.5, 0.6) is 17.2 Å². The van der Waals surface area contributed by atoms with E-state index in [1.807, 2.05) is 12.1 Å². The highest BCUT2D eigenvalue weighted by molar-refractivity contribution is 9.10. The number of benzene rings is 1. The second kappa shape index (κ2) is 7.68. The molecule has 6 heteroatoms. The van der Waals surface area contributed by atoms with Gasteiger partial charge in [0.05, 0.1) is 26.9 Å². The number of methoxy groups -OCH3 is 3. The summed E-state index contributed by atoms with van der Waals surface area (Å²) in [7, 11) is 4.92. The number of nitrogens with one attached hydrogen (secondary N) is 1. The van der Waals surface area contributed by atoms with Gasteiger partial charge in [-0.3, -0.25) is 0 Å². The predicted octanol–water partition coefficient (Wildman–Crippen LogP) is 3.83. The van der Waals surface area contributed by atoms with E-state index in [2.05, 4.69) is 32.7 Å². The summed E-state index contributed by atoms with van der Waals surface area (Å²) in [6, 6.07) is 5.78. The molecule has 0 unspecified atom stereocenters. The first-order chi connectivity index (χ1) is 10.2. The fourth-order valence-corrected chi connectivity index (χ4v) is 3.47. The Morgan fingerprint density at radius 2 is 1.71 bits per heavy atom. The van der Waals surface area contributed by atoms with Crippen LogP contribution >= 0.6 is 27.3 Å². The monoisotopic (exact) mass is 371 g/mol. The molecule has 0 aliphatic rings. The first kappa shape index (κ1) is 16.1. The first-order valence-electron chi connectivity index (χ1n) is 6.41. The van der Waals surface area contributed by atoms with Crippen molar-refractivity contribution in [1.29, 1.82) is 0 Å². The van der Waals surface area contributed by atoms with Crippen LogP contribution in [0.4, 0.5) is 0 Å². The summed E-state index contributed by atoms with van der Waals surface area (Å²) in [6.45, 7) is 1.44. The van der Waals surface area contributed by atoms with Crippen LogP contribution < -0.4 is 19.5 Å². The summed E-state index contributed by atoms with van der Waals surface area (Å²) in [5.74, 6) is 2.22. The van der Waals surface area contributed by atoms with Crippen LogP contribution in [0.25, 0.3) is 0 Å². The summed E-state index contributed by atoms with van der Waals surface area (Å²) < 4.78 is 17.3. The maximum Gasteiger partial charge on any atom is 0.130 e. The molecule has 0 amide bonds. The number of hydrogen-bond acceptors (Lipinski definition) is 5. The van der Waals surface area contributed by atoms with Gasteiger partial charge in [-0.05, 0) is 27.4 Å². The molecular formula is C15H18BrNO3S. The molecule has 0 saturated carbocycles. The summed E-state index contributed by atoms with van der Waals surface area (Å²) in [6.07, 6.45) is 0. The largest absolute Gasteiger partial charge is 0.496 e. The predicted molar refractivity (Wildman–Crippen MR) is 88.7 cm³/mol. The van der Waals surface area contributed by atoms with Crippen LogP contribution in [-0.2, 0) is 13.1 Å².